The molecule has 1 unspecified atom stereocenters. The monoisotopic (exact) mass is 432 g/mol. The standard InChI is InChI=1S/C22H16N4O4S/c23-21(28)14-10-11-15(18(12-14)26(29)30)20(19(27)13-6-2-1-3-7-13)31-22-24-16-8-4-5-9-17(16)25-22/h1-12,20H,(H2,23,28)(H,24,25). The van der Waals surface area contributed by atoms with Gasteiger partial charge < -0.3 is 10.7 Å². The normalized spacial score (nSPS) is 11.9. The van der Waals surface area contributed by atoms with Crippen molar-refractivity contribution in [3.8, 4) is 0 Å². The summed E-state index contributed by atoms with van der Waals surface area (Å²) in [7, 11) is 0. The largest absolute Gasteiger partial charge is 0.366 e. The molecule has 1 atom stereocenters. The second kappa shape index (κ2) is 8.41. The van der Waals surface area contributed by atoms with E-state index >= 15 is 0 Å². The third kappa shape index (κ3) is 4.17. The SMILES string of the molecule is NC(=O)c1ccc(C(Sc2nc3ccccc3[nH]2)C(=O)c2ccccc2)c([N+](=O)[O-])c1. The van der Waals surface area contributed by atoms with Crippen molar-refractivity contribution in [2.24, 2.45) is 5.73 Å². The average Bonchev–Trinajstić information content (AvgIpc) is 3.20. The van der Waals surface area contributed by atoms with Crippen molar-refractivity contribution in [1.82, 2.24) is 9.97 Å². The number of imidazole rings is 1. The van der Waals surface area contributed by atoms with Gasteiger partial charge in [0.2, 0.25) is 5.91 Å². The summed E-state index contributed by atoms with van der Waals surface area (Å²) in [5.41, 5.74) is 6.99. The number of aromatic nitrogens is 2. The maximum absolute atomic E-state index is 13.4. The first-order chi connectivity index (χ1) is 14.9. The van der Waals surface area contributed by atoms with E-state index in [1.54, 1.807) is 30.3 Å². The lowest BCUT2D eigenvalue weighted by Gasteiger charge is -2.15. The summed E-state index contributed by atoms with van der Waals surface area (Å²) < 4.78 is 0. The summed E-state index contributed by atoms with van der Waals surface area (Å²) in [6, 6.07) is 19.8. The van der Waals surface area contributed by atoms with Crippen molar-refractivity contribution < 1.29 is 14.5 Å². The minimum absolute atomic E-state index is 0.00454. The van der Waals surface area contributed by atoms with E-state index in [0.717, 1.165) is 28.9 Å². The molecule has 8 nitrogen and oxygen atoms in total. The van der Waals surface area contributed by atoms with Crippen LogP contribution >= 0.6 is 11.8 Å². The summed E-state index contributed by atoms with van der Waals surface area (Å²) >= 11 is 1.08. The summed E-state index contributed by atoms with van der Waals surface area (Å²) in [4.78, 5) is 43.7. The lowest BCUT2D eigenvalue weighted by molar-refractivity contribution is -0.385. The first-order valence-electron chi connectivity index (χ1n) is 9.23. The summed E-state index contributed by atoms with van der Waals surface area (Å²) in [5.74, 6) is -1.11. The minimum Gasteiger partial charge on any atom is -0.366 e. The van der Waals surface area contributed by atoms with E-state index in [1.807, 2.05) is 24.3 Å². The Labute approximate surface area is 180 Å². The van der Waals surface area contributed by atoms with E-state index in [1.165, 1.54) is 12.1 Å². The number of H-pyrrole nitrogens is 1. The smallest absolute Gasteiger partial charge is 0.275 e. The molecule has 1 heterocycles. The van der Waals surface area contributed by atoms with Gasteiger partial charge in [-0.15, -0.1) is 0 Å². The Kier molecular flexibility index (Phi) is 5.50. The molecule has 0 aliphatic heterocycles. The van der Waals surface area contributed by atoms with Crippen LogP contribution in [0.4, 0.5) is 5.69 Å². The predicted molar refractivity (Wildman–Crippen MR) is 117 cm³/mol. The quantitative estimate of drug-likeness (QED) is 0.194. The number of aromatic amines is 1. The molecule has 0 radical (unpaired) electrons. The Hall–Kier alpha value is -3.98. The fourth-order valence-corrected chi connectivity index (χ4v) is 4.30. The van der Waals surface area contributed by atoms with E-state index in [9.17, 15) is 19.7 Å². The number of nitro benzene ring substituents is 1. The Morgan fingerprint density at radius 3 is 2.39 bits per heavy atom. The molecule has 154 valence electrons. The number of nitrogens with two attached hydrogens (primary N) is 1. The van der Waals surface area contributed by atoms with Crippen LogP contribution < -0.4 is 5.73 Å². The van der Waals surface area contributed by atoms with Gasteiger partial charge in [-0.1, -0.05) is 54.2 Å². The van der Waals surface area contributed by atoms with Crippen LogP contribution in [0.5, 0.6) is 0 Å². The number of nitrogens with one attached hydrogen (secondary N) is 1. The van der Waals surface area contributed by atoms with Crippen LogP contribution in [0, 0.1) is 10.1 Å². The Morgan fingerprint density at radius 2 is 1.71 bits per heavy atom. The number of carbonyl (C=O) groups excluding carboxylic acids is 2. The zero-order valence-corrected chi connectivity index (χ0v) is 16.8. The number of primary amides is 1. The third-order valence-electron chi connectivity index (χ3n) is 4.69. The number of Topliss-reactive ketones (excluding diaryl/α,β-unsaturated/α-hetero) is 1. The van der Waals surface area contributed by atoms with Crippen LogP contribution in [0.3, 0.4) is 0 Å². The molecule has 31 heavy (non-hydrogen) atoms. The van der Waals surface area contributed by atoms with Crippen LogP contribution in [0.1, 0.15) is 31.5 Å². The second-order valence-electron chi connectivity index (χ2n) is 6.68. The van der Waals surface area contributed by atoms with Gasteiger partial charge in [0.15, 0.2) is 10.9 Å². The van der Waals surface area contributed by atoms with E-state index in [-0.39, 0.29) is 22.6 Å². The van der Waals surface area contributed by atoms with E-state index in [4.69, 9.17) is 5.73 Å². The highest BCUT2D eigenvalue weighted by Crippen LogP contribution is 2.41. The van der Waals surface area contributed by atoms with Crippen molar-refractivity contribution in [2.45, 2.75) is 10.4 Å². The van der Waals surface area contributed by atoms with Crippen molar-refractivity contribution in [1.29, 1.82) is 0 Å². The summed E-state index contributed by atoms with van der Waals surface area (Å²) in [6.45, 7) is 0. The number of benzene rings is 3. The molecular formula is C22H16N4O4S. The first-order valence-corrected chi connectivity index (χ1v) is 10.1. The molecule has 3 N–H and O–H groups in total. The lowest BCUT2D eigenvalue weighted by Crippen LogP contribution is -2.15. The average molecular weight is 432 g/mol. The zero-order valence-electron chi connectivity index (χ0n) is 16.0. The predicted octanol–water partition coefficient (Wildman–Crippen LogP) is 4.29. The highest BCUT2D eigenvalue weighted by Gasteiger charge is 2.31. The van der Waals surface area contributed by atoms with Crippen molar-refractivity contribution in [2.75, 3.05) is 0 Å². The topological polar surface area (TPSA) is 132 Å². The van der Waals surface area contributed by atoms with Crippen LogP contribution in [-0.2, 0) is 0 Å². The molecule has 9 heteroatoms. The van der Waals surface area contributed by atoms with Gasteiger partial charge in [-0.25, -0.2) is 4.98 Å². The zero-order chi connectivity index (χ0) is 22.0. The summed E-state index contributed by atoms with van der Waals surface area (Å²) in [5, 5.41) is 11.2. The van der Waals surface area contributed by atoms with Gasteiger partial charge in [-0.2, -0.15) is 0 Å². The van der Waals surface area contributed by atoms with Gasteiger partial charge in [-0.3, -0.25) is 19.7 Å². The number of fused-ring (bicyclic) bond motifs is 1. The van der Waals surface area contributed by atoms with Crippen LogP contribution in [-0.4, -0.2) is 26.6 Å². The van der Waals surface area contributed by atoms with Crippen LogP contribution in [0.25, 0.3) is 11.0 Å². The number of amides is 1. The van der Waals surface area contributed by atoms with Gasteiger partial charge in [0.05, 0.1) is 21.5 Å². The minimum atomic E-state index is -0.967. The second-order valence-corrected chi connectivity index (χ2v) is 7.78. The van der Waals surface area contributed by atoms with Gasteiger partial charge >= 0.3 is 0 Å². The molecule has 0 saturated carbocycles. The van der Waals surface area contributed by atoms with Gasteiger partial charge in [0.1, 0.15) is 5.25 Å². The molecule has 3 aromatic carbocycles. The van der Waals surface area contributed by atoms with Crippen molar-refractivity contribution in [3.05, 3.63) is 99.6 Å². The molecule has 1 amide bonds. The van der Waals surface area contributed by atoms with E-state index in [0.29, 0.717) is 10.7 Å². The first kappa shape index (κ1) is 20.3. The number of thioether (sulfide) groups is 1. The van der Waals surface area contributed by atoms with E-state index in [2.05, 4.69) is 9.97 Å². The maximum Gasteiger partial charge on any atom is 0.275 e. The molecule has 4 aromatic rings. The Bertz CT molecular complexity index is 1270. The molecule has 1 aromatic heterocycles. The number of ketones is 1. The molecule has 0 fully saturated rings. The molecule has 0 bridgehead atoms. The number of nitro groups is 1. The molecule has 0 aliphatic carbocycles. The van der Waals surface area contributed by atoms with Crippen molar-refractivity contribution in [3.63, 3.8) is 0 Å². The highest BCUT2D eigenvalue weighted by molar-refractivity contribution is 8.00. The third-order valence-corrected chi connectivity index (χ3v) is 5.81. The molecule has 0 spiro atoms. The lowest BCUT2D eigenvalue weighted by atomic mass is 9.99. The fraction of sp³-hybridized carbons (Fsp3) is 0.0455. The molecule has 0 aliphatic rings. The van der Waals surface area contributed by atoms with Gasteiger partial charge in [0, 0.05) is 17.2 Å². The summed E-state index contributed by atoms with van der Waals surface area (Å²) in [6.07, 6.45) is 0. The number of carbonyl (C=O) groups is 2. The van der Waals surface area contributed by atoms with Gasteiger partial charge in [0.25, 0.3) is 5.69 Å². The molecular weight excluding hydrogens is 416 g/mol. The Balaban J connectivity index is 1.83. The van der Waals surface area contributed by atoms with E-state index < -0.39 is 16.1 Å². The van der Waals surface area contributed by atoms with Gasteiger partial charge in [-0.05, 0) is 24.3 Å². The number of hydrogen-bond acceptors (Lipinski definition) is 6. The van der Waals surface area contributed by atoms with Crippen molar-refractivity contribution >= 4 is 40.2 Å². The highest BCUT2D eigenvalue weighted by atomic mass is 32.2. The fourth-order valence-electron chi connectivity index (χ4n) is 3.19. The molecule has 0 saturated heterocycles. The number of para-hydroxylation sites is 2. The van der Waals surface area contributed by atoms with Crippen LogP contribution in [0.15, 0.2) is 78.0 Å². The van der Waals surface area contributed by atoms with Crippen LogP contribution in [0.2, 0.25) is 0 Å². The number of rotatable bonds is 7. The number of hydrogen-bond donors (Lipinski definition) is 2. The molecule has 4 rings (SSSR count). The maximum atomic E-state index is 13.4. The Morgan fingerprint density at radius 1 is 1.00 bits per heavy atom. The number of nitrogens with zero attached hydrogens (tertiary/aromatic N) is 2.